The van der Waals surface area contributed by atoms with Crippen molar-refractivity contribution in [2.24, 2.45) is 0 Å². The van der Waals surface area contributed by atoms with E-state index in [9.17, 15) is 13.2 Å². The number of fused-ring (bicyclic) bond motifs is 1. The van der Waals surface area contributed by atoms with Crippen molar-refractivity contribution in [3.05, 3.63) is 89.5 Å². The third-order valence-electron chi connectivity index (χ3n) is 6.71. The molecule has 0 aliphatic carbocycles. The van der Waals surface area contributed by atoms with Crippen molar-refractivity contribution in [1.82, 2.24) is 4.90 Å². The Labute approximate surface area is 207 Å². The minimum Gasteiger partial charge on any atom is -0.369 e. The molecule has 1 N–H and O–H groups in total. The fraction of sp³-hybridized carbons (Fsp3) is 0.296. The number of amides is 1. The molecule has 0 radical (unpaired) electrons. The number of sulfonamides is 1. The first-order valence-electron chi connectivity index (χ1n) is 11.9. The van der Waals surface area contributed by atoms with Gasteiger partial charge in [0.15, 0.2) is 0 Å². The van der Waals surface area contributed by atoms with Crippen LogP contribution in [0.3, 0.4) is 0 Å². The molecule has 182 valence electrons. The Bertz CT molecular complexity index is 1300. The van der Waals surface area contributed by atoms with Crippen molar-refractivity contribution in [2.45, 2.75) is 13.0 Å². The number of hydrogen-bond acceptors (Lipinski definition) is 5. The highest BCUT2D eigenvalue weighted by molar-refractivity contribution is 7.92. The summed E-state index contributed by atoms with van der Waals surface area (Å²) in [5.41, 5.74) is 5.30. The molecule has 3 aromatic carbocycles. The van der Waals surface area contributed by atoms with Crippen molar-refractivity contribution >= 4 is 33.0 Å². The molecule has 3 aromatic rings. The Morgan fingerprint density at radius 2 is 1.60 bits per heavy atom. The number of piperazine rings is 1. The summed E-state index contributed by atoms with van der Waals surface area (Å²) < 4.78 is 25.3. The summed E-state index contributed by atoms with van der Waals surface area (Å²) in [5, 5.41) is 2.96. The Kier molecular flexibility index (Phi) is 6.49. The zero-order valence-electron chi connectivity index (χ0n) is 19.9. The van der Waals surface area contributed by atoms with Crippen LogP contribution in [0.15, 0.2) is 72.8 Å². The van der Waals surface area contributed by atoms with E-state index < -0.39 is 10.0 Å². The van der Waals surface area contributed by atoms with Gasteiger partial charge in [0.05, 0.1) is 11.9 Å². The van der Waals surface area contributed by atoms with Crippen molar-refractivity contribution in [1.29, 1.82) is 0 Å². The molecule has 0 atom stereocenters. The fourth-order valence-corrected chi connectivity index (χ4v) is 5.78. The van der Waals surface area contributed by atoms with Gasteiger partial charge in [-0.3, -0.25) is 14.0 Å². The van der Waals surface area contributed by atoms with Gasteiger partial charge in [0.2, 0.25) is 10.0 Å². The average molecular weight is 491 g/mol. The molecule has 7 nitrogen and oxygen atoms in total. The molecule has 0 bridgehead atoms. The van der Waals surface area contributed by atoms with Crippen LogP contribution in [0.25, 0.3) is 0 Å². The van der Waals surface area contributed by atoms with E-state index in [4.69, 9.17) is 0 Å². The van der Waals surface area contributed by atoms with Crippen LogP contribution < -0.4 is 14.5 Å². The van der Waals surface area contributed by atoms with Gasteiger partial charge in [-0.1, -0.05) is 30.3 Å². The molecular formula is C27H30N4O3S. The lowest BCUT2D eigenvalue weighted by Crippen LogP contribution is -2.45. The number of carbonyl (C=O) groups excluding carboxylic acids is 1. The Hall–Kier alpha value is -3.36. The van der Waals surface area contributed by atoms with E-state index in [1.165, 1.54) is 16.1 Å². The third kappa shape index (κ3) is 5.33. The van der Waals surface area contributed by atoms with Crippen LogP contribution in [0.1, 0.15) is 21.5 Å². The first-order chi connectivity index (χ1) is 16.9. The van der Waals surface area contributed by atoms with Crippen LogP contribution in [0.5, 0.6) is 0 Å². The van der Waals surface area contributed by atoms with Gasteiger partial charge in [-0.15, -0.1) is 0 Å². The number of anilines is 3. The second-order valence-corrected chi connectivity index (χ2v) is 11.1. The van der Waals surface area contributed by atoms with Crippen LogP contribution in [0, 0.1) is 0 Å². The van der Waals surface area contributed by atoms with E-state index in [-0.39, 0.29) is 5.91 Å². The molecule has 5 rings (SSSR count). The molecule has 8 heteroatoms. The standard InChI is InChI=1S/C27H30N4O3S/c1-35(33,34)31-14-13-22-19-23(7-12-26(22)31)27(32)28-24-8-10-25(11-9-24)30-17-15-29(16-18-30)20-21-5-3-2-4-6-21/h2-12,19H,13-18,20H2,1H3,(H,28,32). The Morgan fingerprint density at radius 1 is 0.886 bits per heavy atom. The summed E-state index contributed by atoms with van der Waals surface area (Å²) >= 11 is 0. The maximum atomic E-state index is 12.8. The number of rotatable bonds is 6. The molecule has 1 amide bonds. The van der Waals surface area contributed by atoms with Crippen molar-refractivity contribution in [3.8, 4) is 0 Å². The topological polar surface area (TPSA) is 73.0 Å². The van der Waals surface area contributed by atoms with E-state index in [1.54, 1.807) is 18.2 Å². The number of hydrogen-bond donors (Lipinski definition) is 1. The zero-order valence-corrected chi connectivity index (χ0v) is 20.7. The van der Waals surface area contributed by atoms with Gasteiger partial charge in [-0.05, 0) is 60.0 Å². The summed E-state index contributed by atoms with van der Waals surface area (Å²) in [5.74, 6) is -0.201. The number of carbonyl (C=O) groups is 1. The maximum Gasteiger partial charge on any atom is 0.255 e. The van der Waals surface area contributed by atoms with Gasteiger partial charge in [-0.25, -0.2) is 8.42 Å². The predicted molar refractivity (Wildman–Crippen MR) is 141 cm³/mol. The smallest absolute Gasteiger partial charge is 0.255 e. The van der Waals surface area contributed by atoms with Gasteiger partial charge in [-0.2, -0.15) is 0 Å². The van der Waals surface area contributed by atoms with Crippen LogP contribution in [-0.4, -0.2) is 58.2 Å². The van der Waals surface area contributed by atoms with E-state index in [2.05, 4.69) is 51.5 Å². The molecular weight excluding hydrogens is 460 g/mol. The number of nitrogens with zero attached hydrogens (tertiary/aromatic N) is 3. The monoisotopic (exact) mass is 490 g/mol. The average Bonchev–Trinajstić information content (AvgIpc) is 3.30. The second kappa shape index (κ2) is 9.71. The van der Waals surface area contributed by atoms with Crippen LogP contribution in [-0.2, 0) is 23.0 Å². The normalized spacial score (nSPS) is 16.3. The zero-order chi connectivity index (χ0) is 24.4. The largest absolute Gasteiger partial charge is 0.369 e. The highest BCUT2D eigenvalue weighted by Gasteiger charge is 2.26. The Morgan fingerprint density at radius 3 is 2.29 bits per heavy atom. The van der Waals surface area contributed by atoms with Crippen LogP contribution in [0.2, 0.25) is 0 Å². The second-order valence-electron chi connectivity index (χ2n) is 9.18. The van der Waals surface area contributed by atoms with Gasteiger partial charge >= 0.3 is 0 Å². The minimum absolute atomic E-state index is 0.201. The lowest BCUT2D eigenvalue weighted by Gasteiger charge is -2.36. The van der Waals surface area contributed by atoms with Gasteiger partial charge in [0.25, 0.3) is 5.91 Å². The molecule has 2 heterocycles. The molecule has 2 aliphatic heterocycles. The van der Waals surface area contributed by atoms with Gasteiger partial charge in [0.1, 0.15) is 0 Å². The fourth-order valence-electron chi connectivity index (χ4n) is 4.82. The van der Waals surface area contributed by atoms with Gasteiger partial charge in [0, 0.05) is 56.2 Å². The summed E-state index contributed by atoms with van der Waals surface area (Å²) in [7, 11) is -3.30. The van der Waals surface area contributed by atoms with Crippen molar-refractivity contribution < 1.29 is 13.2 Å². The number of benzene rings is 3. The summed E-state index contributed by atoms with van der Waals surface area (Å²) in [6.07, 6.45) is 1.81. The molecule has 0 aromatic heterocycles. The SMILES string of the molecule is CS(=O)(=O)N1CCc2cc(C(=O)Nc3ccc(N4CCN(Cc5ccccc5)CC4)cc3)ccc21. The van der Waals surface area contributed by atoms with E-state index >= 15 is 0 Å². The molecule has 1 fully saturated rings. The molecule has 0 unspecified atom stereocenters. The lowest BCUT2D eigenvalue weighted by molar-refractivity contribution is 0.102. The van der Waals surface area contributed by atoms with E-state index in [1.807, 2.05) is 18.2 Å². The molecule has 1 saturated heterocycles. The van der Waals surface area contributed by atoms with Crippen LogP contribution in [0.4, 0.5) is 17.1 Å². The summed E-state index contributed by atoms with van der Waals surface area (Å²) in [4.78, 5) is 17.7. The third-order valence-corrected chi connectivity index (χ3v) is 7.89. The quantitative estimate of drug-likeness (QED) is 0.572. The highest BCUT2D eigenvalue weighted by atomic mass is 32.2. The first kappa shape index (κ1) is 23.4. The van der Waals surface area contributed by atoms with Crippen molar-refractivity contribution in [3.63, 3.8) is 0 Å². The van der Waals surface area contributed by atoms with Crippen LogP contribution >= 0.6 is 0 Å². The first-order valence-corrected chi connectivity index (χ1v) is 13.7. The summed E-state index contributed by atoms with van der Waals surface area (Å²) in [6.45, 7) is 5.37. The molecule has 2 aliphatic rings. The maximum absolute atomic E-state index is 12.8. The lowest BCUT2D eigenvalue weighted by atomic mass is 10.1. The minimum atomic E-state index is -3.30. The van der Waals surface area contributed by atoms with Gasteiger partial charge < -0.3 is 10.2 Å². The number of nitrogens with one attached hydrogen (secondary N) is 1. The molecule has 0 spiro atoms. The Balaban J connectivity index is 1.17. The molecule has 35 heavy (non-hydrogen) atoms. The summed E-state index contributed by atoms with van der Waals surface area (Å²) in [6, 6.07) is 23.7. The van der Waals surface area contributed by atoms with E-state index in [0.29, 0.717) is 24.2 Å². The predicted octanol–water partition coefficient (Wildman–Crippen LogP) is 3.58. The van der Waals surface area contributed by atoms with Crippen molar-refractivity contribution in [2.75, 3.05) is 53.5 Å². The highest BCUT2D eigenvalue weighted by Crippen LogP contribution is 2.31. The molecule has 0 saturated carbocycles. The van der Waals surface area contributed by atoms with E-state index in [0.717, 1.165) is 49.7 Å².